The lowest BCUT2D eigenvalue weighted by molar-refractivity contribution is 0.448. The fourth-order valence-corrected chi connectivity index (χ4v) is 2.34. The molecular formula is C9H18N2S2. The van der Waals surface area contributed by atoms with E-state index in [1.165, 1.54) is 11.5 Å². The number of nitrogens with one attached hydrogen (secondary N) is 1. The molecule has 1 fully saturated rings. The molecule has 0 aromatic rings. The van der Waals surface area contributed by atoms with Crippen LogP contribution in [0, 0.1) is 5.92 Å². The van der Waals surface area contributed by atoms with Gasteiger partial charge >= 0.3 is 0 Å². The standard InChI is InChI=1S/C9H18N2S2/c1-8(2)7-10-9(12)11-3-5-13-6-4-11/h8H,3-7H2,1-2H3,(H,10,12). The van der Waals surface area contributed by atoms with Crippen LogP contribution in [0.2, 0.25) is 0 Å². The minimum absolute atomic E-state index is 0.664. The van der Waals surface area contributed by atoms with Crippen LogP contribution in [0.1, 0.15) is 13.8 Å². The summed E-state index contributed by atoms with van der Waals surface area (Å²) in [6.45, 7) is 7.59. The van der Waals surface area contributed by atoms with E-state index in [1.807, 2.05) is 11.8 Å². The normalized spacial score (nSPS) is 17.6. The molecule has 1 rings (SSSR count). The largest absolute Gasteiger partial charge is 0.362 e. The molecule has 0 saturated carbocycles. The zero-order valence-electron chi connectivity index (χ0n) is 8.38. The average molecular weight is 218 g/mol. The highest BCUT2D eigenvalue weighted by Gasteiger charge is 2.12. The second kappa shape index (κ2) is 5.70. The summed E-state index contributed by atoms with van der Waals surface area (Å²) in [5, 5.41) is 4.24. The van der Waals surface area contributed by atoms with Crippen LogP contribution in [-0.2, 0) is 0 Å². The van der Waals surface area contributed by atoms with E-state index in [4.69, 9.17) is 12.2 Å². The summed E-state index contributed by atoms with van der Waals surface area (Å²) in [6, 6.07) is 0. The van der Waals surface area contributed by atoms with Crippen LogP contribution in [-0.4, -0.2) is 41.2 Å². The van der Waals surface area contributed by atoms with Crippen LogP contribution in [0.25, 0.3) is 0 Å². The second-order valence-corrected chi connectivity index (χ2v) is 5.29. The molecule has 0 spiro atoms. The maximum atomic E-state index is 5.30. The van der Waals surface area contributed by atoms with Crippen molar-refractivity contribution in [2.75, 3.05) is 31.1 Å². The van der Waals surface area contributed by atoms with Crippen molar-refractivity contribution in [2.45, 2.75) is 13.8 Å². The molecular weight excluding hydrogens is 200 g/mol. The van der Waals surface area contributed by atoms with E-state index in [0.717, 1.165) is 24.7 Å². The topological polar surface area (TPSA) is 15.3 Å². The summed E-state index contributed by atoms with van der Waals surface area (Å²) in [6.07, 6.45) is 0. The third-order valence-electron chi connectivity index (χ3n) is 1.96. The molecule has 1 aliphatic rings. The first-order valence-electron chi connectivity index (χ1n) is 4.80. The van der Waals surface area contributed by atoms with Crippen molar-refractivity contribution in [3.63, 3.8) is 0 Å². The zero-order chi connectivity index (χ0) is 9.68. The summed E-state index contributed by atoms with van der Waals surface area (Å²) < 4.78 is 0. The molecule has 0 bridgehead atoms. The fourth-order valence-electron chi connectivity index (χ4n) is 1.17. The Hall–Kier alpha value is 0.0400. The van der Waals surface area contributed by atoms with Crippen LogP contribution in [0.3, 0.4) is 0 Å². The summed E-state index contributed by atoms with van der Waals surface area (Å²) in [7, 11) is 0. The molecule has 1 N–H and O–H groups in total. The summed E-state index contributed by atoms with van der Waals surface area (Å²) in [4.78, 5) is 2.27. The molecule has 13 heavy (non-hydrogen) atoms. The first-order valence-corrected chi connectivity index (χ1v) is 6.37. The first kappa shape index (κ1) is 11.1. The van der Waals surface area contributed by atoms with Gasteiger partial charge in [0, 0.05) is 31.1 Å². The molecule has 0 radical (unpaired) electrons. The van der Waals surface area contributed by atoms with Gasteiger partial charge in [-0.15, -0.1) is 0 Å². The fraction of sp³-hybridized carbons (Fsp3) is 0.889. The minimum Gasteiger partial charge on any atom is -0.362 e. The SMILES string of the molecule is CC(C)CNC(=S)N1CCSCC1. The predicted molar refractivity (Wildman–Crippen MR) is 64.3 cm³/mol. The van der Waals surface area contributed by atoms with Gasteiger partial charge in [0.15, 0.2) is 5.11 Å². The van der Waals surface area contributed by atoms with Gasteiger partial charge in [0.1, 0.15) is 0 Å². The maximum absolute atomic E-state index is 5.30. The van der Waals surface area contributed by atoms with Crippen LogP contribution < -0.4 is 5.32 Å². The van der Waals surface area contributed by atoms with Gasteiger partial charge in [0.05, 0.1) is 0 Å². The molecule has 1 heterocycles. The molecule has 0 amide bonds. The van der Waals surface area contributed by atoms with E-state index in [9.17, 15) is 0 Å². The third kappa shape index (κ3) is 4.18. The molecule has 2 nitrogen and oxygen atoms in total. The van der Waals surface area contributed by atoms with Crippen molar-refractivity contribution >= 4 is 29.1 Å². The van der Waals surface area contributed by atoms with E-state index in [-0.39, 0.29) is 0 Å². The second-order valence-electron chi connectivity index (χ2n) is 3.68. The van der Waals surface area contributed by atoms with Crippen LogP contribution in [0.5, 0.6) is 0 Å². The highest BCUT2D eigenvalue weighted by Crippen LogP contribution is 2.08. The molecule has 4 heteroatoms. The Bertz CT molecular complexity index is 165. The van der Waals surface area contributed by atoms with Gasteiger partial charge in [-0.1, -0.05) is 13.8 Å². The summed E-state index contributed by atoms with van der Waals surface area (Å²) in [5.74, 6) is 3.09. The van der Waals surface area contributed by atoms with Gasteiger partial charge in [0.25, 0.3) is 0 Å². The Balaban J connectivity index is 2.21. The number of thiocarbonyl (C=S) groups is 1. The van der Waals surface area contributed by atoms with Crippen molar-refractivity contribution in [3.05, 3.63) is 0 Å². The van der Waals surface area contributed by atoms with Crippen molar-refractivity contribution in [1.29, 1.82) is 0 Å². The van der Waals surface area contributed by atoms with Crippen molar-refractivity contribution in [3.8, 4) is 0 Å². The smallest absolute Gasteiger partial charge is 0.168 e. The van der Waals surface area contributed by atoms with Crippen molar-refractivity contribution < 1.29 is 0 Å². The van der Waals surface area contributed by atoms with Crippen LogP contribution >= 0.6 is 24.0 Å². The molecule has 0 aromatic heterocycles. The minimum atomic E-state index is 0.664. The van der Waals surface area contributed by atoms with Crippen molar-refractivity contribution in [1.82, 2.24) is 10.2 Å². The van der Waals surface area contributed by atoms with E-state index >= 15 is 0 Å². The number of hydrogen-bond acceptors (Lipinski definition) is 2. The highest BCUT2D eigenvalue weighted by atomic mass is 32.2. The molecule has 0 atom stereocenters. The van der Waals surface area contributed by atoms with E-state index in [2.05, 4.69) is 24.1 Å². The molecule has 1 saturated heterocycles. The number of thioether (sulfide) groups is 1. The number of nitrogens with zero attached hydrogens (tertiary/aromatic N) is 1. The Morgan fingerprint density at radius 2 is 2.08 bits per heavy atom. The van der Waals surface area contributed by atoms with Gasteiger partial charge < -0.3 is 10.2 Å². The Morgan fingerprint density at radius 1 is 1.46 bits per heavy atom. The van der Waals surface area contributed by atoms with Crippen LogP contribution in [0.15, 0.2) is 0 Å². The number of hydrogen-bond donors (Lipinski definition) is 1. The molecule has 76 valence electrons. The Labute approximate surface area is 90.4 Å². The first-order chi connectivity index (χ1) is 6.20. The summed E-state index contributed by atoms with van der Waals surface area (Å²) >= 11 is 7.31. The lowest BCUT2D eigenvalue weighted by Gasteiger charge is -2.29. The Kier molecular flexibility index (Phi) is 4.88. The molecule has 0 aliphatic carbocycles. The van der Waals surface area contributed by atoms with E-state index in [1.54, 1.807) is 0 Å². The Morgan fingerprint density at radius 3 is 2.62 bits per heavy atom. The summed E-state index contributed by atoms with van der Waals surface area (Å²) in [5.41, 5.74) is 0. The third-order valence-corrected chi connectivity index (χ3v) is 3.30. The van der Waals surface area contributed by atoms with E-state index in [0.29, 0.717) is 5.92 Å². The molecule has 0 unspecified atom stereocenters. The highest BCUT2D eigenvalue weighted by molar-refractivity contribution is 7.99. The molecule has 0 aromatic carbocycles. The maximum Gasteiger partial charge on any atom is 0.168 e. The zero-order valence-corrected chi connectivity index (χ0v) is 10.0. The van der Waals surface area contributed by atoms with Gasteiger partial charge in [-0.3, -0.25) is 0 Å². The monoisotopic (exact) mass is 218 g/mol. The predicted octanol–water partition coefficient (Wildman–Crippen LogP) is 1.57. The van der Waals surface area contributed by atoms with Gasteiger partial charge in [-0.2, -0.15) is 11.8 Å². The number of rotatable bonds is 2. The van der Waals surface area contributed by atoms with Gasteiger partial charge in [-0.25, -0.2) is 0 Å². The van der Waals surface area contributed by atoms with Crippen molar-refractivity contribution in [2.24, 2.45) is 5.92 Å². The van der Waals surface area contributed by atoms with Crippen LogP contribution in [0.4, 0.5) is 0 Å². The van der Waals surface area contributed by atoms with E-state index < -0.39 is 0 Å². The van der Waals surface area contributed by atoms with Gasteiger partial charge in [0.2, 0.25) is 0 Å². The van der Waals surface area contributed by atoms with Gasteiger partial charge in [-0.05, 0) is 18.1 Å². The lowest BCUT2D eigenvalue weighted by Crippen LogP contribution is -2.45. The lowest BCUT2D eigenvalue weighted by atomic mass is 10.2. The quantitative estimate of drug-likeness (QED) is 0.707. The average Bonchev–Trinajstić information content (AvgIpc) is 2.15. The molecule has 1 aliphatic heterocycles.